The zero-order valence-electron chi connectivity index (χ0n) is 14.4. The van der Waals surface area contributed by atoms with Crippen LogP contribution in [-0.2, 0) is 19.1 Å². The minimum atomic E-state index is -0.807. The molecule has 2 N–H and O–H groups in total. The quantitative estimate of drug-likeness (QED) is 0.453. The molecule has 3 rings (SSSR count). The molecule has 6 atom stereocenters. The van der Waals surface area contributed by atoms with Gasteiger partial charge in [-0.15, -0.1) is 0 Å². The third kappa shape index (κ3) is 2.64. The van der Waals surface area contributed by atoms with Gasteiger partial charge in [0.25, 0.3) is 0 Å². The number of aliphatic hydroxyl groups excluding tert-OH is 2. The van der Waals surface area contributed by atoms with E-state index in [-0.39, 0.29) is 11.5 Å². The Morgan fingerprint density at radius 3 is 2.76 bits per heavy atom. The lowest BCUT2D eigenvalue weighted by atomic mass is 9.53. The van der Waals surface area contributed by atoms with Crippen LogP contribution in [-0.4, -0.2) is 47.1 Å². The van der Waals surface area contributed by atoms with Gasteiger partial charge in [0.1, 0.15) is 12.2 Å². The zero-order chi connectivity index (χ0) is 18.5. The molecule has 0 radical (unpaired) electrons. The molecule has 0 bridgehead atoms. The van der Waals surface area contributed by atoms with Crippen LogP contribution >= 0.6 is 0 Å². The highest BCUT2D eigenvalue weighted by Crippen LogP contribution is 2.58. The summed E-state index contributed by atoms with van der Waals surface area (Å²) in [5.74, 6) is -1.81. The van der Waals surface area contributed by atoms with Gasteiger partial charge in [-0.25, -0.2) is 9.59 Å². The standard InChI is InChI=1S/C19H24O6/c1-9-5-6-13(24-17(22)10(2)8-20)19(4)7-12(21)14-11(3)18(23)25-16(14)15(9)19/h12-16,20-21H,1-3,5-8H2,4H3. The van der Waals surface area contributed by atoms with Crippen molar-refractivity contribution in [3.63, 3.8) is 0 Å². The molecule has 0 amide bonds. The maximum atomic E-state index is 12.1. The van der Waals surface area contributed by atoms with Crippen molar-refractivity contribution in [2.45, 2.75) is 44.5 Å². The second-order valence-corrected chi connectivity index (χ2v) is 7.53. The van der Waals surface area contributed by atoms with E-state index >= 15 is 0 Å². The Labute approximate surface area is 146 Å². The van der Waals surface area contributed by atoms with Crippen molar-refractivity contribution in [3.8, 4) is 0 Å². The van der Waals surface area contributed by atoms with Crippen LogP contribution in [0.3, 0.4) is 0 Å². The monoisotopic (exact) mass is 348 g/mol. The van der Waals surface area contributed by atoms with Gasteiger partial charge in [-0.2, -0.15) is 0 Å². The van der Waals surface area contributed by atoms with Crippen molar-refractivity contribution in [2.75, 3.05) is 6.61 Å². The first-order valence-electron chi connectivity index (χ1n) is 8.45. The van der Waals surface area contributed by atoms with Crippen LogP contribution in [0.1, 0.15) is 26.2 Å². The van der Waals surface area contributed by atoms with Crippen LogP contribution in [0.5, 0.6) is 0 Å². The number of aliphatic hydroxyl groups is 2. The third-order valence-corrected chi connectivity index (χ3v) is 6.00. The number of hydrogen-bond donors (Lipinski definition) is 2. The zero-order valence-corrected chi connectivity index (χ0v) is 14.4. The number of ether oxygens (including phenoxy) is 2. The fraction of sp³-hybridized carbons (Fsp3) is 0.579. The van der Waals surface area contributed by atoms with Crippen LogP contribution in [0.25, 0.3) is 0 Å². The summed E-state index contributed by atoms with van der Waals surface area (Å²) in [7, 11) is 0. The van der Waals surface area contributed by atoms with Crippen LogP contribution < -0.4 is 0 Å². The van der Waals surface area contributed by atoms with Gasteiger partial charge >= 0.3 is 11.9 Å². The number of carbonyl (C=O) groups is 2. The number of rotatable bonds is 3. The summed E-state index contributed by atoms with van der Waals surface area (Å²) in [5, 5.41) is 19.7. The summed E-state index contributed by atoms with van der Waals surface area (Å²) in [4.78, 5) is 24.1. The van der Waals surface area contributed by atoms with E-state index in [1.54, 1.807) is 0 Å². The summed E-state index contributed by atoms with van der Waals surface area (Å²) < 4.78 is 11.1. The first-order valence-corrected chi connectivity index (χ1v) is 8.45. The first kappa shape index (κ1) is 17.9. The van der Waals surface area contributed by atoms with Crippen LogP contribution in [0.2, 0.25) is 0 Å². The molecule has 3 aliphatic rings. The molecule has 6 nitrogen and oxygen atoms in total. The number of fused-ring (bicyclic) bond motifs is 3. The molecular weight excluding hydrogens is 324 g/mol. The molecule has 136 valence electrons. The van der Waals surface area contributed by atoms with E-state index in [0.29, 0.717) is 24.8 Å². The fourth-order valence-electron chi connectivity index (χ4n) is 4.72. The summed E-state index contributed by atoms with van der Waals surface area (Å²) in [5.41, 5.74) is 0.589. The third-order valence-electron chi connectivity index (χ3n) is 6.00. The molecule has 6 heteroatoms. The molecular formula is C19H24O6. The highest BCUT2D eigenvalue weighted by Gasteiger charge is 2.62. The molecule has 2 aliphatic carbocycles. The predicted molar refractivity (Wildman–Crippen MR) is 89.2 cm³/mol. The van der Waals surface area contributed by atoms with E-state index in [1.165, 1.54) is 0 Å². The van der Waals surface area contributed by atoms with Crippen LogP contribution in [0.15, 0.2) is 36.5 Å². The highest BCUT2D eigenvalue weighted by atomic mass is 16.6. The van der Waals surface area contributed by atoms with Gasteiger partial charge < -0.3 is 19.7 Å². The summed E-state index contributed by atoms with van der Waals surface area (Å²) in [6, 6.07) is 0. The van der Waals surface area contributed by atoms with Gasteiger partial charge in [0.15, 0.2) is 0 Å². The number of esters is 2. The molecule has 0 aromatic rings. The topological polar surface area (TPSA) is 93.1 Å². The van der Waals surface area contributed by atoms with Crippen LogP contribution in [0.4, 0.5) is 0 Å². The number of carbonyl (C=O) groups excluding carboxylic acids is 2. The van der Waals surface area contributed by atoms with E-state index < -0.39 is 48.2 Å². The SMILES string of the molecule is C=C(CO)C(=O)OC1CCC(=C)C2C3OC(=O)C(=C)C3C(O)CC12C. The largest absolute Gasteiger partial charge is 0.458 e. The van der Waals surface area contributed by atoms with Gasteiger partial charge in [0, 0.05) is 16.9 Å². The van der Waals surface area contributed by atoms with E-state index in [2.05, 4.69) is 19.7 Å². The fourth-order valence-corrected chi connectivity index (χ4v) is 4.72. The Bertz CT molecular complexity index is 665. The molecule has 2 saturated carbocycles. The maximum Gasteiger partial charge on any atom is 0.336 e. The van der Waals surface area contributed by atoms with E-state index in [4.69, 9.17) is 14.6 Å². The average Bonchev–Trinajstić information content (AvgIpc) is 2.84. The number of hydrogen-bond acceptors (Lipinski definition) is 6. The Hall–Kier alpha value is -1.92. The van der Waals surface area contributed by atoms with Crippen molar-refractivity contribution in [2.24, 2.45) is 17.3 Å². The van der Waals surface area contributed by atoms with Gasteiger partial charge in [-0.3, -0.25) is 0 Å². The summed E-state index contributed by atoms with van der Waals surface area (Å²) >= 11 is 0. The van der Waals surface area contributed by atoms with Gasteiger partial charge in [-0.05, 0) is 19.3 Å². The molecule has 0 aromatic heterocycles. The predicted octanol–water partition coefficient (Wildman–Crippen LogP) is 1.28. The van der Waals surface area contributed by atoms with Crippen molar-refractivity contribution >= 4 is 11.9 Å². The lowest BCUT2D eigenvalue weighted by Crippen LogP contribution is -2.58. The van der Waals surface area contributed by atoms with Gasteiger partial charge in [0.2, 0.25) is 0 Å². The first-order chi connectivity index (χ1) is 11.7. The van der Waals surface area contributed by atoms with E-state index in [9.17, 15) is 14.7 Å². The lowest BCUT2D eigenvalue weighted by Gasteiger charge is -2.54. The van der Waals surface area contributed by atoms with Crippen molar-refractivity contribution in [3.05, 3.63) is 36.5 Å². The Morgan fingerprint density at radius 2 is 2.12 bits per heavy atom. The molecule has 1 saturated heterocycles. The molecule has 0 spiro atoms. The Balaban J connectivity index is 1.93. The van der Waals surface area contributed by atoms with Crippen molar-refractivity contribution in [1.82, 2.24) is 0 Å². The Morgan fingerprint density at radius 1 is 1.44 bits per heavy atom. The molecule has 25 heavy (non-hydrogen) atoms. The second-order valence-electron chi connectivity index (χ2n) is 7.53. The molecule has 1 aliphatic heterocycles. The minimum Gasteiger partial charge on any atom is -0.458 e. The molecule has 1 heterocycles. The van der Waals surface area contributed by atoms with Crippen LogP contribution in [0, 0.1) is 17.3 Å². The smallest absolute Gasteiger partial charge is 0.336 e. The molecule has 6 unspecified atom stereocenters. The van der Waals surface area contributed by atoms with Gasteiger partial charge in [-0.1, -0.05) is 32.2 Å². The van der Waals surface area contributed by atoms with E-state index in [1.807, 2.05) is 6.92 Å². The minimum absolute atomic E-state index is 0.0144. The average molecular weight is 348 g/mol. The van der Waals surface area contributed by atoms with Crippen molar-refractivity contribution < 1.29 is 29.3 Å². The molecule has 0 aromatic carbocycles. The molecule has 3 fully saturated rings. The summed E-state index contributed by atoms with van der Waals surface area (Å²) in [6.07, 6.45) is -0.288. The van der Waals surface area contributed by atoms with E-state index in [0.717, 1.165) is 5.57 Å². The summed E-state index contributed by atoms with van der Waals surface area (Å²) in [6.45, 7) is 12.9. The van der Waals surface area contributed by atoms with Crippen molar-refractivity contribution in [1.29, 1.82) is 0 Å². The normalized spacial score (nSPS) is 40.1. The van der Waals surface area contributed by atoms with Gasteiger partial charge in [0.05, 0.1) is 24.2 Å². The lowest BCUT2D eigenvalue weighted by molar-refractivity contribution is -0.179. The highest BCUT2D eigenvalue weighted by molar-refractivity contribution is 5.91. The maximum absolute atomic E-state index is 12.1. The Kier molecular flexibility index (Phi) is 4.37. The second kappa shape index (κ2) is 6.11.